The van der Waals surface area contributed by atoms with Gasteiger partial charge in [-0.1, -0.05) is 36.4 Å². The Hall–Kier alpha value is -1.80. The normalized spacial score (nSPS) is 18.4. The Morgan fingerprint density at radius 2 is 1.78 bits per heavy atom. The third kappa shape index (κ3) is 2.90. The summed E-state index contributed by atoms with van der Waals surface area (Å²) >= 11 is 0. The van der Waals surface area contributed by atoms with Crippen molar-refractivity contribution in [1.29, 1.82) is 0 Å². The molecule has 2 nitrogen and oxygen atoms in total. The van der Waals surface area contributed by atoms with Crippen molar-refractivity contribution in [2.24, 2.45) is 0 Å². The van der Waals surface area contributed by atoms with Crippen LogP contribution in [0.15, 0.2) is 54.6 Å². The lowest BCUT2D eigenvalue weighted by atomic mass is 10.0. The van der Waals surface area contributed by atoms with Gasteiger partial charge in [-0.05, 0) is 29.3 Å². The van der Waals surface area contributed by atoms with Gasteiger partial charge in [0.15, 0.2) is 0 Å². The zero-order valence-electron chi connectivity index (χ0n) is 11.1. The molecule has 0 aromatic heterocycles. The maximum absolute atomic E-state index is 5.37. The number of nitrogens with zero attached hydrogens (tertiary/aromatic N) is 1. The number of hydrogen-bond acceptors (Lipinski definition) is 2. The fourth-order valence-corrected chi connectivity index (χ4v) is 1.91. The first-order valence-electron chi connectivity index (χ1n) is 6.08. The molecular formula is C16H19NO. The molecule has 1 aliphatic carbocycles. The Bertz CT molecular complexity index is 480. The third-order valence-corrected chi connectivity index (χ3v) is 3.02. The summed E-state index contributed by atoms with van der Waals surface area (Å²) in [6.45, 7) is 0. The molecule has 0 spiro atoms. The van der Waals surface area contributed by atoms with E-state index in [2.05, 4.69) is 41.3 Å². The SMILES string of the molecule is COC1C=CC=CC(c2ccc(N(C)C)cc2)=C1. The maximum atomic E-state index is 5.37. The monoisotopic (exact) mass is 241 g/mol. The van der Waals surface area contributed by atoms with Crippen LogP contribution in [0.4, 0.5) is 5.69 Å². The molecule has 0 aliphatic heterocycles. The number of rotatable bonds is 3. The molecule has 18 heavy (non-hydrogen) atoms. The highest BCUT2D eigenvalue weighted by Crippen LogP contribution is 2.22. The summed E-state index contributed by atoms with van der Waals surface area (Å²) in [5.74, 6) is 0. The zero-order valence-corrected chi connectivity index (χ0v) is 11.1. The molecule has 1 aliphatic rings. The van der Waals surface area contributed by atoms with Crippen molar-refractivity contribution in [1.82, 2.24) is 0 Å². The highest BCUT2D eigenvalue weighted by Gasteiger charge is 2.05. The van der Waals surface area contributed by atoms with Crippen molar-refractivity contribution in [2.45, 2.75) is 6.10 Å². The van der Waals surface area contributed by atoms with E-state index in [-0.39, 0.29) is 6.10 Å². The minimum Gasteiger partial charge on any atom is -0.378 e. The van der Waals surface area contributed by atoms with Gasteiger partial charge in [0.2, 0.25) is 0 Å². The molecule has 0 radical (unpaired) electrons. The summed E-state index contributed by atoms with van der Waals surface area (Å²) in [5, 5.41) is 0. The Morgan fingerprint density at radius 3 is 2.39 bits per heavy atom. The van der Waals surface area contributed by atoms with E-state index >= 15 is 0 Å². The lowest BCUT2D eigenvalue weighted by Crippen LogP contribution is -2.08. The quantitative estimate of drug-likeness (QED) is 0.805. The van der Waals surface area contributed by atoms with Gasteiger partial charge < -0.3 is 9.64 Å². The van der Waals surface area contributed by atoms with Crippen LogP contribution in [0.5, 0.6) is 0 Å². The van der Waals surface area contributed by atoms with Crippen LogP contribution in [0, 0.1) is 0 Å². The van der Waals surface area contributed by atoms with Crippen molar-refractivity contribution in [3.8, 4) is 0 Å². The molecule has 2 rings (SSSR count). The highest BCUT2D eigenvalue weighted by atomic mass is 16.5. The molecule has 1 aromatic rings. The average Bonchev–Trinajstić information content (AvgIpc) is 2.64. The van der Waals surface area contributed by atoms with Crippen LogP contribution in [-0.4, -0.2) is 27.3 Å². The van der Waals surface area contributed by atoms with E-state index in [1.54, 1.807) is 7.11 Å². The number of methoxy groups -OCH3 is 1. The number of allylic oxidation sites excluding steroid dienone is 4. The predicted octanol–water partition coefficient (Wildman–Crippen LogP) is 3.28. The van der Waals surface area contributed by atoms with Crippen LogP contribution in [0.2, 0.25) is 0 Å². The minimum absolute atomic E-state index is 0.0449. The lowest BCUT2D eigenvalue weighted by molar-refractivity contribution is 0.178. The molecule has 0 fully saturated rings. The highest BCUT2D eigenvalue weighted by molar-refractivity contribution is 5.76. The van der Waals surface area contributed by atoms with Crippen LogP contribution in [0.3, 0.4) is 0 Å². The van der Waals surface area contributed by atoms with E-state index in [4.69, 9.17) is 4.74 Å². The summed E-state index contributed by atoms with van der Waals surface area (Å²) in [6, 6.07) is 8.54. The summed E-state index contributed by atoms with van der Waals surface area (Å²) in [5.41, 5.74) is 3.61. The number of hydrogen-bond donors (Lipinski definition) is 0. The molecular weight excluding hydrogens is 222 g/mol. The largest absolute Gasteiger partial charge is 0.378 e. The number of ether oxygens (including phenoxy) is 1. The van der Waals surface area contributed by atoms with Gasteiger partial charge in [0.25, 0.3) is 0 Å². The second-order valence-electron chi connectivity index (χ2n) is 4.51. The lowest BCUT2D eigenvalue weighted by Gasteiger charge is -2.13. The molecule has 0 N–H and O–H groups in total. The van der Waals surface area contributed by atoms with Crippen LogP contribution in [-0.2, 0) is 4.74 Å². The van der Waals surface area contributed by atoms with Gasteiger partial charge in [0.1, 0.15) is 0 Å². The second kappa shape index (κ2) is 5.69. The van der Waals surface area contributed by atoms with Crippen molar-refractivity contribution in [2.75, 3.05) is 26.1 Å². The molecule has 1 aromatic carbocycles. The van der Waals surface area contributed by atoms with Crippen LogP contribution in [0.1, 0.15) is 5.56 Å². The summed E-state index contributed by atoms with van der Waals surface area (Å²) in [4.78, 5) is 2.10. The topological polar surface area (TPSA) is 12.5 Å². The maximum Gasteiger partial charge on any atom is 0.0945 e. The smallest absolute Gasteiger partial charge is 0.0945 e. The molecule has 0 saturated heterocycles. The van der Waals surface area contributed by atoms with Crippen molar-refractivity contribution < 1.29 is 4.74 Å². The Labute approximate surface area is 109 Å². The van der Waals surface area contributed by atoms with Crippen LogP contribution in [0.25, 0.3) is 5.57 Å². The fraction of sp³-hybridized carbons (Fsp3) is 0.250. The molecule has 1 atom stereocenters. The first-order valence-corrected chi connectivity index (χ1v) is 6.08. The fourth-order valence-electron chi connectivity index (χ4n) is 1.91. The van der Waals surface area contributed by atoms with E-state index in [1.165, 1.54) is 16.8 Å². The molecule has 0 saturated carbocycles. The van der Waals surface area contributed by atoms with E-state index in [9.17, 15) is 0 Å². The Morgan fingerprint density at radius 1 is 1.06 bits per heavy atom. The minimum atomic E-state index is 0.0449. The second-order valence-corrected chi connectivity index (χ2v) is 4.51. The summed E-state index contributed by atoms with van der Waals surface area (Å²) in [6.07, 6.45) is 10.4. The van der Waals surface area contributed by atoms with Crippen molar-refractivity contribution in [3.05, 3.63) is 60.2 Å². The number of benzene rings is 1. The van der Waals surface area contributed by atoms with Gasteiger partial charge in [-0.25, -0.2) is 0 Å². The van der Waals surface area contributed by atoms with Gasteiger partial charge in [-0.15, -0.1) is 0 Å². The Kier molecular flexibility index (Phi) is 4.00. The standard InChI is InChI=1S/C16H19NO/c1-17(2)15-10-8-13(9-11-15)14-6-4-5-7-16(12-14)18-3/h4-12,16H,1-3H3. The summed E-state index contributed by atoms with van der Waals surface area (Å²) < 4.78 is 5.37. The molecule has 0 bridgehead atoms. The molecule has 1 unspecified atom stereocenters. The van der Waals surface area contributed by atoms with E-state index in [1.807, 2.05) is 32.3 Å². The Balaban J connectivity index is 2.28. The molecule has 0 amide bonds. The van der Waals surface area contributed by atoms with Crippen LogP contribution < -0.4 is 4.90 Å². The molecule has 94 valence electrons. The first-order chi connectivity index (χ1) is 8.70. The van der Waals surface area contributed by atoms with Gasteiger partial charge >= 0.3 is 0 Å². The average molecular weight is 241 g/mol. The van der Waals surface area contributed by atoms with Crippen LogP contribution >= 0.6 is 0 Å². The van der Waals surface area contributed by atoms with E-state index in [0.717, 1.165) is 0 Å². The van der Waals surface area contributed by atoms with Gasteiger partial charge in [-0.3, -0.25) is 0 Å². The van der Waals surface area contributed by atoms with Crippen molar-refractivity contribution in [3.63, 3.8) is 0 Å². The molecule has 0 heterocycles. The molecule has 2 heteroatoms. The van der Waals surface area contributed by atoms with Gasteiger partial charge in [-0.2, -0.15) is 0 Å². The van der Waals surface area contributed by atoms with Gasteiger partial charge in [0, 0.05) is 26.9 Å². The summed E-state index contributed by atoms with van der Waals surface area (Å²) in [7, 11) is 5.82. The number of anilines is 1. The predicted molar refractivity (Wildman–Crippen MR) is 77.8 cm³/mol. The first kappa shape index (κ1) is 12.7. The zero-order chi connectivity index (χ0) is 13.0. The van der Waals surface area contributed by atoms with Gasteiger partial charge in [0.05, 0.1) is 6.10 Å². The van der Waals surface area contributed by atoms with Crippen molar-refractivity contribution >= 4 is 11.3 Å². The van der Waals surface area contributed by atoms with E-state index in [0.29, 0.717) is 0 Å². The third-order valence-electron chi connectivity index (χ3n) is 3.02. The van der Waals surface area contributed by atoms with E-state index < -0.39 is 0 Å².